The van der Waals surface area contributed by atoms with Crippen LogP contribution in [0.3, 0.4) is 0 Å². The third kappa shape index (κ3) is 4.01. The van der Waals surface area contributed by atoms with Gasteiger partial charge in [0.1, 0.15) is 23.7 Å². The van der Waals surface area contributed by atoms with E-state index in [2.05, 4.69) is 32.5 Å². The molecule has 5 rings (SSSR count). The summed E-state index contributed by atoms with van der Waals surface area (Å²) in [4.78, 5) is 25.4. The molecule has 0 saturated carbocycles. The lowest BCUT2D eigenvalue weighted by Crippen LogP contribution is -2.40. The molecule has 1 aliphatic heterocycles. The van der Waals surface area contributed by atoms with Crippen molar-refractivity contribution in [2.24, 2.45) is 0 Å². The summed E-state index contributed by atoms with van der Waals surface area (Å²) >= 11 is 6.65. The van der Waals surface area contributed by atoms with E-state index in [-0.39, 0.29) is 18.0 Å². The molecule has 4 aromatic rings. The number of hydrogen-bond acceptors (Lipinski definition) is 7. The first-order valence-electron chi connectivity index (χ1n) is 10.8. The minimum Gasteiger partial charge on any atom is -0.383 e. The molecular formula is C23H23ClN8O. The number of benzene rings is 1. The van der Waals surface area contributed by atoms with Crippen molar-refractivity contribution < 1.29 is 4.79 Å². The molecular weight excluding hydrogens is 440 g/mol. The zero-order chi connectivity index (χ0) is 22.9. The van der Waals surface area contributed by atoms with Crippen LogP contribution in [-0.4, -0.2) is 43.2 Å². The first-order chi connectivity index (χ1) is 16.0. The van der Waals surface area contributed by atoms with Gasteiger partial charge in [-0.1, -0.05) is 23.7 Å². The van der Waals surface area contributed by atoms with Crippen molar-refractivity contribution in [3.05, 3.63) is 59.5 Å². The number of carbonyl (C=O) groups excluding carboxylic acids is 1. The number of nitrogens with zero attached hydrogens (tertiary/aromatic N) is 5. The van der Waals surface area contributed by atoms with E-state index in [1.807, 2.05) is 4.68 Å². The van der Waals surface area contributed by atoms with E-state index in [9.17, 15) is 4.79 Å². The van der Waals surface area contributed by atoms with E-state index in [0.717, 1.165) is 19.4 Å². The molecule has 1 saturated heterocycles. The normalized spacial score (nSPS) is 18.4. The maximum absolute atomic E-state index is 12.7. The van der Waals surface area contributed by atoms with Crippen molar-refractivity contribution in [3.8, 4) is 11.3 Å². The monoisotopic (exact) mass is 462 g/mol. The van der Waals surface area contributed by atoms with Crippen LogP contribution < -0.4 is 16.4 Å². The zero-order valence-electron chi connectivity index (χ0n) is 18.0. The fourth-order valence-electron chi connectivity index (χ4n) is 4.25. The van der Waals surface area contributed by atoms with Crippen molar-refractivity contribution in [2.75, 3.05) is 17.6 Å². The van der Waals surface area contributed by atoms with Crippen molar-refractivity contribution >= 4 is 40.2 Å². The van der Waals surface area contributed by atoms with Gasteiger partial charge in [0.25, 0.3) is 5.91 Å². The minimum atomic E-state index is -0.303. The Morgan fingerprint density at radius 2 is 2.12 bits per heavy atom. The van der Waals surface area contributed by atoms with Crippen LogP contribution in [0.25, 0.3) is 22.3 Å². The number of halogens is 1. The Hall–Kier alpha value is -3.56. The largest absolute Gasteiger partial charge is 0.383 e. The number of aromatic nitrogens is 5. The van der Waals surface area contributed by atoms with Gasteiger partial charge in [0, 0.05) is 23.4 Å². The Morgan fingerprint density at radius 1 is 1.24 bits per heavy atom. The van der Waals surface area contributed by atoms with Crippen LogP contribution in [0.5, 0.6) is 0 Å². The summed E-state index contributed by atoms with van der Waals surface area (Å²) in [7, 11) is 0. The zero-order valence-corrected chi connectivity index (χ0v) is 18.8. The van der Waals surface area contributed by atoms with Crippen LogP contribution in [-0.2, 0) is 0 Å². The molecule has 0 radical (unpaired) electrons. The minimum absolute atomic E-state index is 0.131. The van der Waals surface area contributed by atoms with Gasteiger partial charge in [0.15, 0.2) is 5.65 Å². The highest BCUT2D eigenvalue weighted by Gasteiger charge is 2.28. The average Bonchev–Trinajstić information content (AvgIpc) is 3.20. The van der Waals surface area contributed by atoms with Crippen molar-refractivity contribution in [1.82, 2.24) is 30.0 Å². The second-order valence-corrected chi connectivity index (χ2v) is 8.47. The number of nitrogens with two attached hydrogens (primary N) is 1. The van der Waals surface area contributed by atoms with E-state index in [0.29, 0.717) is 44.5 Å². The highest BCUT2D eigenvalue weighted by molar-refractivity contribution is 6.34. The van der Waals surface area contributed by atoms with Gasteiger partial charge in [-0.3, -0.25) is 4.79 Å². The number of nitrogens with one attached hydrogen (secondary N) is 2. The predicted molar refractivity (Wildman–Crippen MR) is 128 cm³/mol. The summed E-state index contributed by atoms with van der Waals surface area (Å²) in [6.07, 6.45) is 5.09. The van der Waals surface area contributed by atoms with E-state index >= 15 is 0 Å². The number of anilines is 2. The van der Waals surface area contributed by atoms with E-state index in [4.69, 9.17) is 22.4 Å². The highest BCUT2D eigenvalue weighted by Crippen LogP contribution is 2.37. The Bertz CT molecular complexity index is 1320. The summed E-state index contributed by atoms with van der Waals surface area (Å²) < 4.78 is 1.93. The SMILES string of the molecule is C[C@H]1NCCCC1n1nc(-c2ccc(C(=O)Nc3ccccn3)cc2Cl)c2c(N)ncnc21. The van der Waals surface area contributed by atoms with Gasteiger partial charge < -0.3 is 16.4 Å². The molecule has 0 spiro atoms. The smallest absolute Gasteiger partial charge is 0.256 e. The molecule has 4 N–H and O–H groups in total. The van der Waals surface area contributed by atoms with Crippen LogP contribution >= 0.6 is 11.6 Å². The number of fused-ring (bicyclic) bond motifs is 1. The van der Waals surface area contributed by atoms with Crippen molar-refractivity contribution in [1.29, 1.82) is 0 Å². The fourth-order valence-corrected chi connectivity index (χ4v) is 4.52. The Kier molecular flexibility index (Phi) is 5.65. The third-order valence-corrected chi connectivity index (χ3v) is 6.26. The molecule has 1 amide bonds. The average molecular weight is 463 g/mol. The summed E-state index contributed by atoms with van der Waals surface area (Å²) in [6, 6.07) is 10.8. The maximum atomic E-state index is 12.7. The number of piperidine rings is 1. The Morgan fingerprint density at radius 3 is 2.88 bits per heavy atom. The molecule has 1 unspecified atom stereocenters. The molecule has 1 aliphatic rings. The second-order valence-electron chi connectivity index (χ2n) is 8.07. The highest BCUT2D eigenvalue weighted by atomic mass is 35.5. The molecule has 33 heavy (non-hydrogen) atoms. The lowest BCUT2D eigenvalue weighted by atomic mass is 10.0. The van der Waals surface area contributed by atoms with E-state index < -0.39 is 0 Å². The molecule has 1 fully saturated rings. The quantitative estimate of drug-likeness (QED) is 0.422. The van der Waals surface area contributed by atoms with Gasteiger partial charge in [0.2, 0.25) is 0 Å². The number of pyridine rings is 1. The first kappa shape index (κ1) is 21.3. The van der Waals surface area contributed by atoms with E-state index in [1.54, 1.807) is 42.6 Å². The van der Waals surface area contributed by atoms with Crippen molar-refractivity contribution in [3.63, 3.8) is 0 Å². The standard InChI is InChI=1S/C23H23ClN8O/c1-13-17(5-4-10-26-13)32-22-19(21(25)28-12-29-22)20(31-32)15-8-7-14(11-16(15)24)23(33)30-18-6-2-3-9-27-18/h2-3,6-9,11-13,17,26H,4-5,10H2,1H3,(H2,25,28,29)(H,27,30,33)/t13-,17?/m1/s1. The lowest BCUT2D eigenvalue weighted by Gasteiger charge is -2.30. The van der Waals surface area contributed by atoms with E-state index in [1.165, 1.54) is 6.33 Å². The fraction of sp³-hybridized carbons (Fsp3) is 0.261. The molecule has 168 valence electrons. The number of carbonyl (C=O) groups is 1. The molecule has 3 aromatic heterocycles. The molecule has 9 nitrogen and oxygen atoms in total. The van der Waals surface area contributed by atoms with Gasteiger partial charge in [-0.25, -0.2) is 19.6 Å². The number of hydrogen-bond donors (Lipinski definition) is 3. The maximum Gasteiger partial charge on any atom is 0.256 e. The Labute approximate surface area is 195 Å². The molecule has 4 heterocycles. The molecule has 2 atom stereocenters. The van der Waals surface area contributed by atoms with Gasteiger partial charge in [-0.2, -0.15) is 5.10 Å². The number of amides is 1. The molecule has 0 bridgehead atoms. The van der Waals surface area contributed by atoms with Gasteiger partial charge in [-0.05, 0) is 50.6 Å². The van der Waals surface area contributed by atoms with Crippen molar-refractivity contribution in [2.45, 2.75) is 31.8 Å². The number of nitrogen functional groups attached to an aromatic ring is 1. The van der Waals surface area contributed by atoms with Crippen LogP contribution in [0.2, 0.25) is 5.02 Å². The Balaban J connectivity index is 1.54. The topological polar surface area (TPSA) is 124 Å². The van der Waals surface area contributed by atoms with Crippen LogP contribution in [0, 0.1) is 0 Å². The molecule has 0 aliphatic carbocycles. The summed E-state index contributed by atoms with van der Waals surface area (Å²) in [5, 5.41) is 12.2. The van der Waals surface area contributed by atoms with Gasteiger partial charge >= 0.3 is 0 Å². The molecule has 1 aromatic carbocycles. The summed E-state index contributed by atoms with van der Waals surface area (Å²) in [5.41, 5.74) is 8.59. The first-order valence-corrected chi connectivity index (χ1v) is 11.1. The van der Waals surface area contributed by atoms with Crippen LogP contribution in [0.4, 0.5) is 11.6 Å². The van der Waals surface area contributed by atoms with Crippen LogP contribution in [0.15, 0.2) is 48.9 Å². The number of rotatable bonds is 4. The van der Waals surface area contributed by atoms with Gasteiger partial charge in [0.05, 0.1) is 16.5 Å². The predicted octanol–water partition coefficient (Wildman–Crippen LogP) is 3.69. The summed E-state index contributed by atoms with van der Waals surface area (Å²) in [6.45, 7) is 3.12. The third-order valence-electron chi connectivity index (χ3n) is 5.95. The molecule has 10 heteroatoms. The second kappa shape index (κ2) is 8.76. The lowest BCUT2D eigenvalue weighted by molar-refractivity contribution is 0.102. The van der Waals surface area contributed by atoms with Gasteiger partial charge in [-0.15, -0.1) is 0 Å². The summed E-state index contributed by atoms with van der Waals surface area (Å²) in [5.74, 6) is 0.501. The van der Waals surface area contributed by atoms with Crippen LogP contribution in [0.1, 0.15) is 36.2 Å².